The number of aromatic nitrogens is 1. The maximum absolute atomic E-state index is 12.7. The Morgan fingerprint density at radius 3 is 1.54 bits per heavy atom. The Morgan fingerprint density at radius 1 is 0.654 bits per heavy atom. The zero-order valence-corrected chi connectivity index (χ0v) is 33.7. The van der Waals surface area contributed by atoms with E-state index in [0.29, 0.717) is 24.6 Å². The van der Waals surface area contributed by atoms with E-state index >= 15 is 0 Å². The van der Waals surface area contributed by atoms with Crippen LogP contribution in [0.3, 0.4) is 0 Å². The molecule has 3 aromatic rings. The van der Waals surface area contributed by atoms with E-state index in [0.717, 1.165) is 48.4 Å². The van der Waals surface area contributed by atoms with Crippen molar-refractivity contribution in [2.24, 2.45) is 7.05 Å². The van der Waals surface area contributed by atoms with Crippen molar-refractivity contribution < 1.29 is 19.5 Å². The predicted molar refractivity (Wildman–Crippen MR) is 225 cm³/mol. The molecule has 0 spiro atoms. The molecule has 0 aliphatic carbocycles. The van der Waals surface area contributed by atoms with Crippen LogP contribution in [0.5, 0.6) is 0 Å². The summed E-state index contributed by atoms with van der Waals surface area (Å²) in [5, 5.41) is 2.02. The van der Waals surface area contributed by atoms with E-state index in [1.54, 1.807) is 9.80 Å². The molecule has 0 atom stereocenters. The summed E-state index contributed by atoms with van der Waals surface area (Å²) in [5.74, 6) is 0.882. The number of benzene rings is 2. The lowest BCUT2D eigenvalue weighted by Crippen LogP contribution is -2.72. The summed E-state index contributed by atoms with van der Waals surface area (Å²) in [7, 11) is 14.8. The van der Waals surface area contributed by atoms with Crippen molar-refractivity contribution in [2.45, 2.75) is 19.8 Å². The summed E-state index contributed by atoms with van der Waals surface area (Å²) in [5.41, 5.74) is 6.95. The zero-order chi connectivity index (χ0) is 37.7. The Bertz CT molecular complexity index is 1640. The Kier molecular flexibility index (Phi) is 18.9. The summed E-state index contributed by atoms with van der Waals surface area (Å²) in [6.07, 6.45) is 20.5. The molecule has 0 aliphatic heterocycles. The van der Waals surface area contributed by atoms with Gasteiger partial charge < -0.3 is 24.9 Å². The van der Waals surface area contributed by atoms with Crippen LogP contribution in [0, 0.1) is 0 Å². The average Bonchev–Trinajstić information content (AvgIpc) is 3.16. The van der Waals surface area contributed by atoms with E-state index in [1.807, 2.05) is 63.6 Å². The van der Waals surface area contributed by atoms with Gasteiger partial charge in [-0.3, -0.25) is 9.59 Å². The van der Waals surface area contributed by atoms with Gasteiger partial charge in [-0.15, -0.1) is 0 Å². The highest BCUT2D eigenvalue weighted by atomic mass is 33.1. The van der Waals surface area contributed by atoms with Gasteiger partial charge in [0.2, 0.25) is 11.8 Å². The SMILES string of the molecule is C/C=C(\C=C/[NH2+]C)/C=C/c1ccc(N(C)CCCN(C)C(=O)CSSCC(=O)N(C)CCCN(C)c2ccc(/C=C/c3cc[n+](C)cc3)cc2)cc1. The van der Waals surface area contributed by atoms with Gasteiger partial charge in [-0.2, -0.15) is 0 Å². The molecule has 0 aliphatic rings. The third kappa shape index (κ3) is 15.6. The van der Waals surface area contributed by atoms with Crippen LogP contribution in [-0.2, 0) is 16.6 Å². The molecule has 0 saturated heterocycles. The summed E-state index contributed by atoms with van der Waals surface area (Å²) in [6.45, 7) is 5.12. The Hall–Kier alpha value is -4.25. The van der Waals surface area contributed by atoms with Gasteiger partial charge in [-0.25, -0.2) is 4.57 Å². The minimum Gasteiger partial charge on any atom is -0.375 e. The lowest BCUT2D eigenvalue weighted by Gasteiger charge is -2.22. The first-order chi connectivity index (χ1) is 25.1. The largest absolute Gasteiger partial charge is 0.375 e. The number of hydrogen-bond donors (Lipinski definition) is 1. The number of anilines is 2. The quantitative estimate of drug-likeness (QED) is 0.0626. The van der Waals surface area contributed by atoms with E-state index in [1.165, 1.54) is 32.7 Å². The van der Waals surface area contributed by atoms with Crippen molar-refractivity contribution in [1.82, 2.24) is 9.80 Å². The van der Waals surface area contributed by atoms with Crippen LogP contribution in [-0.4, -0.2) is 94.5 Å². The number of pyridine rings is 1. The van der Waals surface area contributed by atoms with Crippen molar-refractivity contribution in [3.63, 3.8) is 0 Å². The highest BCUT2D eigenvalue weighted by Gasteiger charge is 2.13. The number of quaternary nitrogens is 1. The van der Waals surface area contributed by atoms with Crippen LogP contribution in [0.2, 0.25) is 0 Å². The summed E-state index contributed by atoms with van der Waals surface area (Å²) in [6, 6.07) is 21.2. The minimum atomic E-state index is 0.0850. The van der Waals surface area contributed by atoms with E-state index in [-0.39, 0.29) is 11.8 Å². The molecule has 0 unspecified atom stereocenters. The fourth-order valence-corrected chi connectivity index (χ4v) is 7.06. The molecule has 2 aromatic carbocycles. The molecule has 278 valence electrons. The van der Waals surface area contributed by atoms with Crippen molar-refractivity contribution in [1.29, 1.82) is 0 Å². The number of allylic oxidation sites excluding steroid dienone is 4. The fraction of sp³-hybridized carbons (Fsp3) is 0.357. The van der Waals surface area contributed by atoms with Gasteiger partial charge in [0.1, 0.15) is 7.05 Å². The van der Waals surface area contributed by atoms with Gasteiger partial charge in [-0.1, -0.05) is 76.2 Å². The summed E-state index contributed by atoms with van der Waals surface area (Å²) >= 11 is 0. The lowest BCUT2D eigenvalue weighted by molar-refractivity contribution is -0.671. The number of hydrogen-bond acceptors (Lipinski definition) is 6. The van der Waals surface area contributed by atoms with E-state index in [4.69, 9.17) is 0 Å². The van der Waals surface area contributed by atoms with Crippen LogP contribution in [0.1, 0.15) is 36.5 Å². The molecule has 3 rings (SSSR count). The second-order valence-electron chi connectivity index (χ2n) is 12.8. The van der Waals surface area contributed by atoms with Crippen LogP contribution in [0.4, 0.5) is 11.4 Å². The number of nitrogens with zero attached hydrogens (tertiary/aromatic N) is 5. The number of aryl methyl sites for hydroxylation is 1. The minimum absolute atomic E-state index is 0.0850. The first-order valence-corrected chi connectivity index (χ1v) is 20.4. The zero-order valence-electron chi connectivity index (χ0n) is 32.1. The molecule has 0 bridgehead atoms. The average molecular weight is 743 g/mol. The van der Waals surface area contributed by atoms with Gasteiger partial charge in [-0.05, 0) is 72.4 Å². The number of carbonyl (C=O) groups is 2. The molecule has 0 radical (unpaired) electrons. The molecular weight excluding hydrogens is 685 g/mol. The number of amides is 2. The molecule has 1 aromatic heterocycles. The number of carbonyl (C=O) groups excluding carboxylic acids is 2. The van der Waals surface area contributed by atoms with Gasteiger partial charge in [0.25, 0.3) is 0 Å². The maximum atomic E-state index is 12.7. The van der Waals surface area contributed by atoms with E-state index < -0.39 is 0 Å². The predicted octanol–water partition coefficient (Wildman–Crippen LogP) is 6.00. The third-order valence-corrected chi connectivity index (χ3v) is 10.8. The van der Waals surface area contributed by atoms with Crippen molar-refractivity contribution in [3.8, 4) is 0 Å². The highest BCUT2D eigenvalue weighted by Crippen LogP contribution is 2.22. The van der Waals surface area contributed by atoms with Crippen LogP contribution < -0.4 is 19.7 Å². The van der Waals surface area contributed by atoms with Crippen LogP contribution >= 0.6 is 21.6 Å². The Morgan fingerprint density at radius 2 is 1.10 bits per heavy atom. The normalized spacial score (nSPS) is 11.9. The standard InChI is InChI=1S/C42H57N6O2S2/c1-8-35(23-26-43-2)11-12-36-15-19-39(20-16-36)45(4)27-9-29-47(6)41(49)33-51-52-34-42(50)48(7)30-10-28-46(5)40-21-17-37(18-22-40)13-14-38-24-31-44(3)32-25-38/h8,11-26,31-32,43H,9-10,27-30,33-34H2,1-7H3/q+1/p+1/b12-11+,26-23-,35-8-. The van der Waals surface area contributed by atoms with Crippen molar-refractivity contribution in [3.05, 3.63) is 120 Å². The molecule has 2 N–H and O–H groups in total. The Balaban J connectivity index is 1.26. The van der Waals surface area contributed by atoms with Gasteiger partial charge >= 0.3 is 0 Å². The lowest BCUT2D eigenvalue weighted by atomic mass is 10.1. The number of nitrogens with two attached hydrogens (primary N) is 1. The molecular formula is C42H58N6O2S2+2. The maximum Gasteiger partial charge on any atom is 0.233 e. The molecule has 10 heteroatoms. The van der Waals surface area contributed by atoms with Crippen LogP contribution in [0.15, 0.2) is 103 Å². The van der Waals surface area contributed by atoms with Gasteiger partial charge in [0.05, 0.1) is 24.8 Å². The second-order valence-corrected chi connectivity index (χ2v) is 15.3. The molecule has 0 saturated carbocycles. The van der Waals surface area contributed by atoms with Crippen molar-refractivity contribution in [2.75, 3.05) is 82.7 Å². The first-order valence-electron chi connectivity index (χ1n) is 17.9. The second kappa shape index (κ2) is 23.3. The molecule has 2 amide bonds. The smallest absolute Gasteiger partial charge is 0.233 e. The first kappa shape index (κ1) is 42.2. The fourth-order valence-electron chi connectivity index (χ4n) is 5.15. The monoisotopic (exact) mass is 742 g/mol. The third-order valence-electron chi connectivity index (χ3n) is 8.70. The van der Waals surface area contributed by atoms with E-state index in [2.05, 4.69) is 121 Å². The highest BCUT2D eigenvalue weighted by molar-refractivity contribution is 8.77. The molecule has 1 heterocycles. The topological polar surface area (TPSA) is 67.6 Å². The Labute approximate surface area is 320 Å². The number of rotatable bonds is 21. The van der Waals surface area contributed by atoms with E-state index in [9.17, 15) is 9.59 Å². The van der Waals surface area contributed by atoms with Crippen molar-refractivity contribution >= 4 is 63.0 Å². The molecule has 8 nitrogen and oxygen atoms in total. The summed E-state index contributed by atoms with van der Waals surface area (Å²) < 4.78 is 2.02. The summed E-state index contributed by atoms with van der Waals surface area (Å²) in [4.78, 5) is 33.4. The van der Waals surface area contributed by atoms with Crippen LogP contribution in [0.25, 0.3) is 18.2 Å². The molecule has 0 fully saturated rings. The molecule has 52 heavy (non-hydrogen) atoms. The van der Waals surface area contributed by atoms with Gasteiger partial charge in [0.15, 0.2) is 12.4 Å². The van der Waals surface area contributed by atoms with Gasteiger partial charge in [0, 0.05) is 77.9 Å².